The molecule has 0 aromatic heterocycles. The van der Waals surface area contributed by atoms with Crippen LogP contribution in [0.1, 0.15) is 78.7 Å². The molecule has 146 valence electrons. The summed E-state index contributed by atoms with van der Waals surface area (Å²) in [5.41, 5.74) is 1.63. The average Bonchev–Trinajstić information content (AvgIpc) is 2.93. The van der Waals surface area contributed by atoms with E-state index in [4.69, 9.17) is 7.85 Å². The van der Waals surface area contributed by atoms with Gasteiger partial charge in [0.05, 0.1) is 19.5 Å². The van der Waals surface area contributed by atoms with Crippen molar-refractivity contribution in [1.82, 2.24) is 0 Å². The number of imide groups is 1. The Labute approximate surface area is 166 Å². The lowest BCUT2D eigenvalue weighted by atomic mass is 9.65. The number of anilines is 1. The van der Waals surface area contributed by atoms with Crippen molar-refractivity contribution in [3.8, 4) is 0 Å². The second-order valence-electron chi connectivity index (χ2n) is 8.76. The van der Waals surface area contributed by atoms with Gasteiger partial charge in [-0.2, -0.15) is 0 Å². The van der Waals surface area contributed by atoms with Gasteiger partial charge in [-0.1, -0.05) is 78.3 Å². The van der Waals surface area contributed by atoms with Gasteiger partial charge >= 0.3 is 0 Å². The highest BCUT2D eigenvalue weighted by Gasteiger charge is 2.42. The molecule has 1 aliphatic rings. The summed E-state index contributed by atoms with van der Waals surface area (Å²) in [4.78, 5) is 26.9. The van der Waals surface area contributed by atoms with Gasteiger partial charge in [0.15, 0.2) is 0 Å². The number of unbranched alkanes of at least 4 members (excludes halogenated alkanes) is 3. The summed E-state index contributed by atoms with van der Waals surface area (Å²) < 4.78 is 0. The smallest absolute Gasteiger partial charge is 0.237 e. The zero-order chi connectivity index (χ0) is 20.2. The van der Waals surface area contributed by atoms with Crippen LogP contribution in [-0.4, -0.2) is 19.7 Å². The molecule has 2 rings (SSSR count). The Kier molecular flexibility index (Phi) is 7.30. The second-order valence-corrected chi connectivity index (χ2v) is 8.76. The van der Waals surface area contributed by atoms with Crippen molar-refractivity contribution in [3.63, 3.8) is 0 Å². The van der Waals surface area contributed by atoms with Gasteiger partial charge in [-0.25, -0.2) is 0 Å². The number of hydrogen-bond donors (Lipinski definition) is 0. The van der Waals surface area contributed by atoms with Crippen LogP contribution in [-0.2, 0) is 15.0 Å². The summed E-state index contributed by atoms with van der Waals surface area (Å²) in [6.07, 6.45) is 6.13. The van der Waals surface area contributed by atoms with E-state index >= 15 is 0 Å². The summed E-state index contributed by atoms with van der Waals surface area (Å²) in [7, 11) is 6.10. The third kappa shape index (κ3) is 4.83. The van der Waals surface area contributed by atoms with E-state index < -0.39 is 0 Å². The van der Waals surface area contributed by atoms with Crippen LogP contribution in [0.5, 0.6) is 0 Å². The number of nitrogens with zero attached hydrogens (tertiary/aromatic N) is 1. The van der Waals surface area contributed by atoms with E-state index in [0.29, 0.717) is 12.1 Å². The van der Waals surface area contributed by atoms with Crippen molar-refractivity contribution < 1.29 is 9.59 Å². The van der Waals surface area contributed by atoms with E-state index in [0.717, 1.165) is 18.4 Å². The summed E-state index contributed by atoms with van der Waals surface area (Å²) >= 11 is 0. The Morgan fingerprint density at radius 1 is 1.11 bits per heavy atom. The zero-order valence-corrected chi connectivity index (χ0v) is 17.6. The first-order chi connectivity index (χ1) is 12.7. The fourth-order valence-electron chi connectivity index (χ4n) is 3.77. The van der Waals surface area contributed by atoms with E-state index in [-0.39, 0.29) is 34.9 Å². The highest BCUT2D eigenvalue weighted by atomic mass is 16.2. The molecule has 3 atom stereocenters. The van der Waals surface area contributed by atoms with Crippen LogP contribution in [0.4, 0.5) is 5.69 Å². The number of rotatable bonds is 9. The Morgan fingerprint density at radius 3 is 2.30 bits per heavy atom. The lowest BCUT2D eigenvalue weighted by Crippen LogP contribution is -2.32. The van der Waals surface area contributed by atoms with Gasteiger partial charge in [-0.3, -0.25) is 14.5 Å². The molecule has 0 aliphatic carbocycles. The Bertz CT molecular complexity index is 651. The molecular formula is C23H34BNO2. The molecule has 1 aromatic rings. The van der Waals surface area contributed by atoms with Crippen molar-refractivity contribution in [2.24, 2.45) is 11.8 Å². The van der Waals surface area contributed by atoms with E-state index in [1.807, 2.05) is 31.2 Å². The predicted octanol–water partition coefficient (Wildman–Crippen LogP) is 5.43. The molecule has 0 bridgehead atoms. The fourth-order valence-corrected chi connectivity index (χ4v) is 3.77. The van der Waals surface area contributed by atoms with Gasteiger partial charge in [-0.05, 0) is 35.4 Å². The van der Waals surface area contributed by atoms with Crippen LogP contribution in [0.3, 0.4) is 0 Å². The fraction of sp³-hybridized carbons (Fsp3) is 0.652. The molecule has 3 nitrogen and oxygen atoms in total. The minimum atomic E-state index is -0.181. The quantitative estimate of drug-likeness (QED) is 0.332. The molecule has 0 spiro atoms. The van der Waals surface area contributed by atoms with Gasteiger partial charge in [-0.15, -0.1) is 0 Å². The van der Waals surface area contributed by atoms with Crippen LogP contribution in [0.25, 0.3) is 0 Å². The van der Waals surface area contributed by atoms with Crippen LogP contribution in [0, 0.1) is 11.8 Å². The van der Waals surface area contributed by atoms with Gasteiger partial charge in [0.1, 0.15) is 0 Å². The van der Waals surface area contributed by atoms with Crippen LogP contribution in [0.2, 0.25) is 5.82 Å². The van der Waals surface area contributed by atoms with E-state index in [1.54, 1.807) is 0 Å². The van der Waals surface area contributed by atoms with Crippen molar-refractivity contribution in [3.05, 3.63) is 29.8 Å². The Balaban J connectivity index is 2.08. The van der Waals surface area contributed by atoms with Crippen LogP contribution >= 0.6 is 0 Å². The maximum Gasteiger partial charge on any atom is 0.237 e. The number of amides is 2. The molecule has 1 aromatic carbocycles. The third-order valence-electron chi connectivity index (χ3n) is 6.39. The highest BCUT2D eigenvalue weighted by molar-refractivity contribution is 6.21. The summed E-state index contributed by atoms with van der Waals surface area (Å²) in [6, 6.07) is 7.73. The monoisotopic (exact) mass is 367 g/mol. The predicted molar refractivity (Wildman–Crippen MR) is 113 cm³/mol. The largest absolute Gasteiger partial charge is 0.274 e. The van der Waals surface area contributed by atoms with E-state index in [2.05, 4.69) is 27.7 Å². The molecule has 0 N–H and O–H groups in total. The maximum atomic E-state index is 12.9. The molecule has 0 saturated carbocycles. The molecule has 1 fully saturated rings. The first-order valence-electron chi connectivity index (χ1n) is 10.4. The van der Waals surface area contributed by atoms with Gasteiger partial charge in [0.25, 0.3) is 0 Å². The van der Waals surface area contributed by atoms with E-state index in [9.17, 15) is 9.59 Å². The van der Waals surface area contributed by atoms with Gasteiger partial charge in [0, 0.05) is 6.42 Å². The molecule has 27 heavy (non-hydrogen) atoms. The minimum Gasteiger partial charge on any atom is -0.274 e. The molecule has 3 unspecified atom stereocenters. The summed E-state index contributed by atoms with van der Waals surface area (Å²) in [5, 5.41) is 0. The van der Waals surface area contributed by atoms with Gasteiger partial charge < -0.3 is 0 Å². The lowest BCUT2D eigenvalue weighted by Gasteiger charge is -2.30. The highest BCUT2D eigenvalue weighted by Crippen LogP contribution is 2.36. The molecule has 1 saturated heterocycles. The second kappa shape index (κ2) is 9.08. The maximum absolute atomic E-state index is 12.9. The number of benzene rings is 1. The SMILES string of the molecule is [B]C(C)C(C)(C)c1ccc(N2C(=O)CC(C(C)CCCCCC)C2=O)cc1. The van der Waals surface area contributed by atoms with E-state index in [1.165, 1.54) is 24.2 Å². The summed E-state index contributed by atoms with van der Waals surface area (Å²) in [6.45, 7) is 10.5. The topological polar surface area (TPSA) is 37.4 Å². The molecule has 2 amide bonds. The molecule has 4 heteroatoms. The normalized spacial score (nSPS) is 20.2. The minimum absolute atomic E-state index is 0.0105. The average molecular weight is 367 g/mol. The van der Waals surface area contributed by atoms with Crippen molar-refractivity contribution in [2.45, 2.75) is 84.4 Å². The number of carbonyl (C=O) groups is 2. The lowest BCUT2D eigenvalue weighted by molar-refractivity contribution is -0.122. The standard InChI is InChI=1S/C23H34BNO2/c1-6-7-8-9-10-16(2)20-15-21(26)25(22(20)27)19-13-11-18(12-14-19)23(4,5)17(3)24/h11-14,16-17,20H,6-10,15H2,1-5H3. The van der Waals surface area contributed by atoms with Crippen molar-refractivity contribution in [2.75, 3.05) is 4.90 Å². The zero-order valence-electron chi connectivity index (χ0n) is 17.6. The third-order valence-corrected chi connectivity index (χ3v) is 6.39. The first-order valence-corrected chi connectivity index (χ1v) is 10.4. The Hall–Kier alpha value is -1.58. The Morgan fingerprint density at radius 2 is 1.74 bits per heavy atom. The molecule has 1 heterocycles. The molecular weight excluding hydrogens is 333 g/mol. The van der Waals surface area contributed by atoms with Crippen molar-refractivity contribution >= 4 is 25.3 Å². The summed E-state index contributed by atoms with van der Waals surface area (Å²) in [5.74, 6) is -0.0398. The van der Waals surface area contributed by atoms with Crippen LogP contribution in [0.15, 0.2) is 24.3 Å². The molecule has 1 aliphatic heterocycles. The first kappa shape index (κ1) is 21.7. The number of hydrogen-bond acceptors (Lipinski definition) is 2. The number of carbonyl (C=O) groups excluding carboxylic acids is 2. The molecule has 2 radical (unpaired) electrons. The van der Waals surface area contributed by atoms with Gasteiger partial charge in [0.2, 0.25) is 11.8 Å². The van der Waals surface area contributed by atoms with Crippen LogP contribution < -0.4 is 4.90 Å². The van der Waals surface area contributed by atoms with Crippen molar-refractivity contribution in [1.29, 1.82) is 0 Å².